The average molecular weight is 342 g/mol. The monoisotopic (exact) mass is 341 g/mol. The Labute approximate surface area is 147 Å². The molecule has 1 aliphatic carbocycles. The summed E-state index contributed by atoms with van der Waals surface area (Å²) in [5, 5.41) is 5.39. The Morgan fingerprint density at radius 1 is 1.25 bits per heavy atom. The van der Waals surface area contributed by atoms with E-state index in [0.29, 0.717) is 12.6 Å². The first-order chi connectivity index (χ1) is 11.6. The summed E-state index contributed by atoms with van der Waals surface area (Å²) in [6, 6.07) is 8.98. The fourth-order valence-corrected chi connectivity index (χ4v) is 5.03. The molecular weight excluding hydrogens is 316 g/mol. The Kier molecular flexibility index (Phi) is 4.19. The first-order valence-corrected chi connectivity index (χ1v) is 9.78. The lowest BCUT2D eigenvalue weighted by atomic mass is 9.96. The van der Waals surface area contributed by atoms with Gasteiger partial charge in [-0.25, -0.2) is 0 Å². The number of amides is 1. The van der Waals surface area contributed by atoms with E-state index in [1.54, 1.807) is 4.88 Å². The summed E-state index contributed by atoms with van der Waals surface area (Å²) >= 11 is 1.89. The van der Waals surface area contributed by atoms with Crippen LogP contribution in [0.3, 0.4) is 0 Å². The quantitative estimate of drug-likeness (QED) is 0.881. The maximum absolute atomic E-state index is 12.7. The number of benzene rings is 1. The highest BCUT2D eigenvalue weighted by Crippen LogP contribution is 2.42. The molecule has 4 heteroatoms. The number of carbonyl (C=O) groups excluding carboxylic acids is 1. The van der Waals surface area contributed by atoms with Gasteiger partial charge in [0.25, 0.3) is 5.91 Å². The number of thiophene rings is 1. The zero-order chi connectivity index (χ0) is 16.7. The van der Waals surface area contributed by atoms with Crippen LogP contribution in [0.4, 0.5) is 5.69 Å². The van der Waals surface area contributed by atoms with E-state index in [0.717, 1.165) is 35.7 Å². The van der Waals surface area contributed by atoms with Gasteiger partial charge in [-0.05, 0) is 49.3 Å². The highest BCUT2D eigenvalue weighted by molar-refractivity contribution is 7.10. The average Bonchev–Trinajstić information content (AvgIpc) is 3.27. The Bertz CT molecular complexity index is 742. The highest BCUT2D eigenvalue weighted by atomic mass is 32.1. The van der Waals surface area contributed by atoms with Gasteiger partial charge >= 0.3 is 0 Å². The van der Waals surface area contributed by atoms with E-state index in [1.807, 2.05) is 17.4 Å². The smallest absolute Gasteiger partial charge is 0.279 e. The fraction of sp³-hybridized carbons (Fsp3) is 0.450. The molecule has 24 heavy (non-hydrogen) atoms. The second kappa shape index (κ2) is 6.34. The van der Waals surface area contributed by atoms with Crippen LogP contribution < -0.4 is 10.2 Å². The van der Waals surface area contributed by atoms with Crippen molar-refractivity contribution in [1.29, 1.82) is 0 Å². The summed E-state index contributed by atoms with van der Waals surface area (Å²) in [5.74, 6) is 0.924. The standard InChI is InChI=1S/C20H24N2OS/c1-13-4-3-5-14(2)19(13)21-18(23)12-22-10-8-17-16(9-11-24-17)20(22)15-6-7-15/h3-5,9,11,15,20H,6-8,10,12H2,1-2H3,(H,21,23)/p+1/t20-/m0/s1. The normalized spacial score (nSPS) is 22.9. The Morgan fingerprint density at radius 2 is 2.00 bits per heavy atom. The van der Waals surface area contributed by atoms with Gasteiger partial charge in [-0.3, -0.25) is 4.79 Å². The van der Waals surface area contributed by atoms with Crippen LogP contribution in [0.1, 0.15) is 40.5 Å². The van der Waals surface area contributed by atoms with E-state index >= 15 is 0 Å². The van der Waals surface area contributed by atoms with Crippen molar-refractivity contribution >= 4 is 22.9 Å². The van der Waals surface area contributed by atoms with Crippen molar-refractivity contribution in [2.45, 2.75) is 39.2 Å². The topological polar surface area (TPSA) is 33.5 Å². The van der Waals surface area contributed by atoms with Gasteiger partial charge in [0.1, 0.15) is 6.04 Å². The van der Waals surface area contributed by atoms with Gasteiger partial charge in [0, 0.05) is 28.5 Å². The number of hydrogen-bond donors (Lipinski definition) is 2. The first-order valence-electron chi connectivity index (χ1n) is 8.90. The minimum Gasteiger partial charge on any atom is -0.321 e. The molecule has 2 atom stereocenters. The summed E-state index contributed by atoms with van der Waals surface area (Å²) in [5.41, 5.74) is 4.77. The molecule has 1 aromatic heterocycles. The fourth-order valence-electron chi connectivity index (χ4n) is 4.10. The molecule has 2 heterocycles. The second-order valence-electron chi connectivity index (χ2n) is 7.26. The summed E-state index contributed by atoms with van der Waals surface area (Å²) < 4.78 is 0. The van der Waals surface area contributed by atoms with Crippen molar-refractivity contribution in [3.8, 4) is 0 Å². The van der Waals surface area contributed by atoms with Gasteiger partial charge in [-0.1, -0.05) is 18.2 Å². The molecule has 0 radical (unpaired) electrons. The lowest BCUT2D eigenvalue weighted by Gasteiger charge is -2.32. The molecule has 1 fully saturated rings. The van der Waals surface area contributed by atoms with Crippen LogP contribution in [0.25, 0.3) is 0 Å². The molecule has 0 bridgehead atoms. The third kappa shape index (κ3) is 3.01. The van der Waals surface area contributed by atoms with Gasteiger partial charge < -0.3 is 10.2 Å². The number of nitrogens with one attached hydrogen (secondary N) is 2. The van der Waals surface area contributed by atoms with E-state index < -0.39 is 0 Å². The predicted octanol–water partition coefficient (Wildman–Crippen LogP) is 2.90. The number of carbonyl (C=O) groups is 1. The maximum atomic E-state index is 12.7. The molecule has 0 spiro atoms. The summed E-state index contributed by atoms with van der Waals surface area (Å²) in [6.07, 6.45) is 3.76. The van der Waals surface area contributed by atoms with Crippen LogP contribution in [0, 0.1) is 19.8 Å². The van der Waals surface area contributed by atoms with Gasteiger partial charge in [-0.15, -0.1) is 11.3 Å². The van der Waals surface area contributed by atoms with Gasteiger partial charge in [-0.2, -0.15) is 0 Å². The third-order valence-electron chi connectivity index (χ3n) is 5.45. The molecule has 1 aliphatic heterocycles. The van der Waals surface area contributed by atoms with Crippen molar-refractivity contribution in [2.75, 3.05) is 18.4 Å². The molecule has 1 aromatic carbocycles. The predicted molar refractivity (Wildman–Crippen MR) is 98.7 cm³/mol. The van der Waals surface area contributed by atoms with Crippen LogP contribution in [0.15, 0.2) is 29.6 Å². The molecule has 4 rings (SSSR count). The van der Waals surface area contributed by atoms with Crippen LogP contribution >= 0.6 is 11.3 Å². The zero-order valence-electron chi connectivity index (χ0n) is 14.4. The number of fused-ring (bicyclic) bond motifs is 1. The number of rotatable bonds is 4. The zero-order valence-corrected chi connectivity index (χ0v) is 15.2. The van der Waals surface area contributed by atoms with Crippen LogP contribution in [-0.2, 0) is 11.2 Å². The Balaban J connectivity index is 1.49. The number of para-hydroxylation sites is 1. The van der Waals surface area contributed by atoms with Crippen LogP contribution in [0.2, 0.25) is 0 Å². The number of quaternary nitrogens is 1. The van der Waals surface area contributed by atoms with E-state index in [2.05, 4.69) is 42.7 Å². The summed E-state index contributed by atoms with van der Waals surface area (Å²) in [7, 11) is 0. The SMILES string of the molecule is Cc1cccc(C)c1NC(=O)C[NH+]1CCc2sccc2[C@@H]1C1CC1. The number of hydrogen-bond acceptors (Lipinski definition) is 2. The van der Waals surface area contributed by atoms with Crippen molar-refractivity contribution in [1.82, 2.24) is 0 Å². The number of anilines is 1. The van der Waals surface area contributed by atoms with E-state index in [-0.39, 0.29) is 5.91 Å². The van der Waals surface area contributed by atoms with E-state index in [9.17, 15) is 4.79 Å². The minimum atomic E-state index is 0.145. The van der Waals surface area contributed by atoms with Gasteiger partial charge in [0.15, 0.2) is 6.54 Å². The van der Waals surface area contributed by atoms with Crippen molar-refractivity contribution in [2.24, 2.45) is 5.92 Å². The molecular formula is C20H25N2OS+. The van der Waals surface area contributed by atoms with Gasteiger partial charge in [0.05, 0.1) is 6.54 Å². The highest BCUT2D eigenvalue weighted by Gasteiger charge is 2.43. The van der Waals surface area contributed by atoms with E-state index in [1.165, 1.54) is 23.3 Å². The molecule has 126 valence electrons. The summed E-state index contributed by atoms with van der Waals surface area (Å²) in [6.45, 7) is 5.76. The lowest BCUT2D eigenvalue weighted by molar-refractivity contribution is -0.928. The largest absolute Gasteiger partial charge is 0.321 e. The number of aryl methyl sites for hydroxylation is 2. The van der Waals surface area contributed by atoms with Crippen molar-refractivity contribution in [3.63, 3.8) is 0 Å². The minimum absolute atomic E-state index is 0.145. The van der Waals surface area contributed by atoms with Gasteiger partial charge in [0.2, 0.25) is 0 Å². The molecule has 1 saturated carbocycles. The lowest BCUT2D eigenvalue weighted by Crippen LogP contribution is -3.14. The van der Waals surface area contributed by atoms with Crippen LogP contribution in [0.5, 0.6) is 0 Å². The van der Waals surface area contributed by atoms with Crippen molar-refractivity contribution < 1.29 is 9.69 Å². The maximum Gasteiger partial charge on any atom is 0.279 e. The Hall–Kier alpha value is -1.65. The molecule has 1 unspecified atom stereocenters. The molecule has 1 amide bonds. The molecule has 0 saturated heterocycles. The third-order valence-corrected chi connectivity index (χ3v) is 6.45. The second-order valence-corrected chi connectivity index (χ2v) is 8.26. The van der Waals surface area contributed by atoms with Crippen LogP contribution in [-0.4, -0.2) is 19.0 Å². The Morgan fingerprint density at radius 3 is 2.71 bits per heavy atom. The molecule has 3 nitrogen and oxygen atoms in total. The van der Waals surface area contributed by atoms with E-state index in [4.69, 9.17) is 0 Å². The molecule has 2 aliphatic rings. The molecule has 2 aromatic rings. The summed E-state index contributed by atoms with van der Waals surface area (Å²) in [4.78, 5) is 15.7. The molecule has 2 N–H and O–H groups in total. The first kappa shape index (κ1) is 15.9. The van der Waals surface area contributed by atoms with Crippen molar-refractivity contribution in [3.05, 3.63) is 51.2 Å².